The maximum atomic E-state index is 13.0. The molecular formula is C22H25N3O3S. The molecule has 1 saturated heterocycles. The third-order valence-electron chi connectivity index (χ3n) is 5.74. The molecule has 0 aliphatic carbocycles. The number of benzene rings is 2. The first-order valence-corrected chi connectivity index (χ1v) is 11.2. The molecule has 0 radical (unpaired) electrons. The lowest BCUT2D eigenvalue weighted by atomic mass is 10.1. The van der Waals surface area contributed by atoms with Gasteiger partial charge in [0.05, 0.1) is 4.90 Å². The van der Waals surface area contributed by atoms with E-state index in [9.17, 15) is 13.2 Å². The van der Waals surface area contributed by atoms with E-state index in [4.69, 9.17) is 0 Å². The van der Waals surface area contributed by atoms with Crippen molar-refractivity contribution >= 4 is 26.8 Å². The Kier molecular flexibility index (Phi) is 4.96. The van der Waals surface area contributed by atoms with E-state index in [1.807, 2.05) is 39.0 Å². The van der Waals surface area contributed by atoms with E-state index in [0.717, 1.165) is 27.7 Å². The second kappa shape index (κ2) is 7.31. The minimum absolute atomic E-state index is 0.0578. The molecule has 0 saturated carbocycles. The Morgan fingerprint density at radius 2 is 1.59 bits per heavy atom. The highest BCUT2D eigenvalue weighted by Gasteiger charge is 2.30. The van der Waals surface area contributed by atoms with Crippen LogP contribution in [0.3, 0.4) is 0 Å². The van der Waals surface area contributed by atoms with Gasteiger partial charge in [-0.15, -0.1) is 0 Å². The number of carbonyl (C=O) groups is 1. The summed E-state index contributed by atoms with van der Waals surface area (Å²) < 4.78 is 27.2. The third-order valence-corrected chi connectivity index (χ3v) is 7.65. The van der Waals surface area contributed by atoms with E-state index in [-0.39, 0.29) is 5.91 Å². The van der Waals surface area contributed by atoms with Crippen LogP contribution in [0.1, 0.15) is 27.2 Å². The fraction of sp³-hybridized carbons (Fsp3) is 0.318. The Hall–Kier alpha value is -2.64. The van der Waals surface area contributed by atoms with Gasteiger partial charge in [0, 0.05) is 48.3 Å². The van der Waals surface area contributed by atoms with Gasteiger partial charge in [-0.2, -0.15) is 4.31 Å². The fourth-order valence-corrected chi connectivity index (χ4v) is 5.19. The van der Waals surface area contributed by atoms with Crippen LogP contribution in [0.4, 0.5) is 0 Å². The molecule has 1 aliphatic rings. The van der Waals surface area contributed by atoms with Crippen LogP contribution in [0.15, 0.2) is 47.4 Å². The second-order valence-corrected chi connectivity index (χ2v) is 9.58. The Morgan fingerprint density at radius 3 is 2.24 bits per heavy atom. The maximum absolute atomic E-state index is 13.0. The average Bonchev–Trinajstić information content (AvgIpc) is 3.01. The van der Waals surface area contributed by atoms with Crippen molar-refractivity contribution in [3.63, 3.8) is 0 Å². The van der Waals surface area contributed by atoms with Crippen LogP contribution in [0.2, 0.25) is 0 Å². The molecule has 2 aromatic carbocycles. The highest BCUT2D eigenvalue weighted by molar-refractivity contribution is 7.89. The van der Waals surface area contributed by atoms with Crippen LogP contribution in [-0.4, -0.2) is 54.7 Å². The number of H-pyrrole nitrogens is 1. The van der Waals surface area contributed by atoms with Crippen molar-refractivity contribution in [3.05, 3.63) is 64.8 Å². The number of fused-ring (bicyclic) bond motifs is 1. The van der Waals surface area contributed by atoms with Gasteiger partial charge >= 0.3 is 0 Å². The number of rotatable bonds is 3. The highest BCUT2D eigenvalue weighted by atomic mass is 32.2. The van der Waals surface area contributed by atoms with E-state index >= 15 is 0 Å². The first-order chi connectivity index (χ1) is 13.8. The van der Waals surface area contributed by atoms with Crippen LogP contribution in [-0.2, 0) is 10.0 Å². The molecular weight excluding hydrogens is 386 g/mol. The average molecular weight is 412 g/mol. The largest absolute Gasteiger partial charge is 0.358 e. The normalized spacial score (nSPS) is 15.8. The minimum atomic E-state index is -3.53. The highest BCUT2D eigenvalue weighted by Crippen LogP contribution is 2.24. The van der Waals surface area contributed by atoms with Gasteiger partial charge in [0.2, 0.25) is 10.0 Å². The molecule has 6 nitrogen and oxygen atoms in total. The lowest BCUT2D eigenvalue weighted by Crippen LogP contribution is -2.50. The summed E-state index contributed by atoms with van der Waals surface area (Å²) in [4.78, 5) is 18.3. The van der Waals surface area contributed by atoms with Crippen molar-refractivity contribution in [2.75, 3.05) is 26.2 Å². The fourth-order valence-electron chi connectivity index (χ4n) is 3.77. The molecule has 1 aromatic heterocycles. The molecule has 152 valence electrons. The monoisotopic (exact) mass is 411 g/mol. The molecule has 1 N–H and O–H groups in total. The number of hydrogen-bond acceptors (Lipinski definition) is 3. The summed E-state index contributed by atoms with van der Waals surface area (Å²) in [6, 6.07) is 12.6. The van der Waals surface area contributed by atoms with Gasteiger partial charge in [-0.05, 0) is 56.7 Å². The first kappa shape index (κ1) is 19.7. The van der Waals surface area contributed by atoms with Crippen LogP contribution in [0.25, 0.3) is 10.9 Å². The van der Waals surface area contributed by atoms with Crippen molar-refractivity contribution in [1.29, 1.82) is 0 Å². The smallest absolute Gasteiger partial charge is 0.253 e. The molecule has 4 rings (SSSR count). The number of piperazine rings is 1. The Morgan fingerprint density at radius 1 is 0.931 bits per heavy atom. The molecule has 0 bridgehead atoms. The van der Waals surface area contributed by atoms with Crippen molar-refractivity contribution in [2.45, 2.75) is 25.7 Å². The van der Waals surface area contributed by atoms with Gasteiger partial charge in [-0.1, -0.05) is 17.7 Å². The predicted octanol–water partition coefficient (Wildman–Crippen LogP) is 3.24. The third kappa shape index (κ3) is 3.56. The van der Waals surface area contributed by atoms with E-state index in [0.29, 0.717) is 36.6 Å². The van der Waals surface area contributed by atoms with Crippen LogP contribution in [0.5, 0.6) is 0 Å². The van der Waals surface area contributed by atoms with Gasteiger partial charge < -0.3 is 9.88 Å². The predicted molar refractivity (Wildman–Crippen MR) is 114 cm³/mol. The summed E-state index contributed by atoms with van der Waals surface area (Å²) in [7, 11) is -3.53. The summed E-state index contributed by atoms with van der Waals surface area (Å²) in [5.41, 5.74) is 4.91. The van der Waals surface area contributed by atoms with Crippen molar-refractivity contribution in [2.24, 2.45) is 0 Å². The molecule has 29 heavy (non-hydrogen) atoms. The minimum Gasteiger partial charge on any atom is -0.358 e. The molecule has 7 heteroatoms. The zero-order valence-electron chi connectivity index (χ0n) is 16.9. The quantitative estimate of drug-likeness (QED) is 0.719. The number of aromatic amines is 1. The van der Waals surface area contributed by atoms with E-state index in [1.54, 1.807) is 29.2 Å². The van der Waals surface area contributed by atoms with E-state index < -0.39 is 10.0 Å². The number of aromatic nitrogens is 1. The molecule has 1 aliphatic heterocycles. The second-order valence-electron chi connectivity index (χ2n) is 7.64. The van der Waals surface area contributed by atoms with E-state index in [2.05, 4.69) is 4.98 Å². The summed E-state index contributed by atoms with van der Waals surface area (Å²) in [5, 5.41) is 1.05. The lowest BCUT2D eigenvalue weighted by Gasteiger charge is -2.34. The van der Waals surface area contributed by atoms with Gasteiger partial charge in [-0.3, -0.25) is 4.79 Å². The van der Waals surface area contributed by atoms with Crippen molar-refractivity contribution in [1.82, 2.24) is 14.2 Å². The molecule has 2 heterocycles. The number of aryl methyl sites for hydroxylation is 3. The summed E-state index contributed by atoms with van der Waals surface area (Å²) in [6.07, 6.45) is 0. The summed E-state index contributed by atoms with van der Waals surface area (Å²) in [6.45, 7) is 7.34. The molecule has 0 unspecified atom stereocenters. The molecule has 0 spiro atoms. The number of amides is 1. The molecule has 0 atom stereocenters. The maximum Gasteiger partial charge on any atom is 0.253 e. The molecule has 3 aromatic rings. The first-order valence-electron chi connectivity index (χ1n) is 9.72. The lowest BCUT2D eigenvalue weighted by molar-refractivity contribution is 0.0698. The number of carbonyl (C=O) groups excluding carboxylic acids is 1. The van der Waals surface area contributed by atoms with E-state index in [1.165, 1.54) is 4.31 Å². The van der Waals surface area contributed by atoms with Gasteiger partial charge in [0.15, 0.2) is 0 Å². The SMILES string of the molecule is Cc1ccc(S(=O)(=O)N2CCN(C(=O)c3ccc4[nH]c(C)c(C)c4c3)CC2)cc1. The number of nitrogens with one attached hydrogen (secondary N) is 1. The number of hydrogen-bond donors (Lipinski definition) is 1. The zero-order chi connectivity index (χ0) is 20.8. The summed E-state index contributed by atoms with van der Waals surface area (Å²) in [5.74, 6) is -0.0578. The molecule has 1 fully saturated rings. The van der Waals surface area contributed by atoms with Gasteiger partial charge in [0.25, 0.3) is 5.91 Å². The standard InChI is InChI=1S/C22H25N3O3S/c1-15-4-7-19(8-5-15)29(27,28)25-12-10-24(11-13-25)22(26)18-6-9-21-20(14-18)16(2)17(3)23-21/h4-9,14,23H,10-13H2,1-3H3. The summed E-state index contributed by atoms with van der Waals surface area (Å²) >= 11 is 0. The van der Waals surface area contributed by atoms with Gasteiger partial charge in [-0.25, -0.2) is 8.42 Å². The number of nitrogens with zero attached hydrogens (tertiary/aromatic N) is 2. The van der Waals surface area contributed by atoms with Crippen LogP contribution < -0.4 is 0 Å². The van der Waals surface area contributed by atoms with Crippen LogP contribution >= 0.6 is 0 Å². The number of sulfonamides is 1. The Balaban J connectivity index is 1.48. The zero-order valence-corrected chi connectivity index (χ0v) is 17.7. The van der Waals surface area contributed by atoms with Crippen molar-refractivity contribution in [3.8, 4) is 0 Å². The Labute approximate surface area is 171 Å². The topological polar surface area (TPSA) is 73.5 Å². The van der Waals surface area contributed by atoms with Crippen molar-refractivity contribution < 1.29 is 13.2 Å². The van der Waals surface area contributed by atoms with Gasteiger partial charge in [0.1, 0.15) is 0 Å². The Bertz CT molecular complexity index is 1170. The molecule has 1 amide bonds. The van der Waals surface area contributed by atoms with Crippen LogP contribution in [0, 0.1) is 20.8 Å².